The minimum Gasteiger partial charge on any atom is -0.457 e. The van der Waals surface area contributed by atoms with E-state index >= 15 is 0 Å². The van der Waals surface area contributed by atoms with Gasteiger partial charge in [-0.1, -0.05) is 24.3 Å². The van der Waals surface area contributed by atoms with Gasteiger partial charge in [-0.15, -0.1) is 0 Å². The summed E-state index contributed by atoms with van der Waals surface area (Å²) in [5.41, 5.74) is 2.30. The zero-order chi connectivity index (χ0) is 24.6. The number of nitrogens with zero attached hydrogens (tertiary/aromatic N) is 2. The minimum absolute atomic E-state index is 0.0216. The van der Waals surface area contributed by atoms with Crippen molar-refractivity contribution >= 4 is 11.4 Å². The highest BCUT2D eigenvalue weighted by molar-refractivity contribution is 5.41. The standard InChI is InChI=1S/C27H22N2O6/c30-28(31)22-10-14-24(15-11-22)34-26-8-2-6-20(18-26)4-1-5-21-7-3-9-27(19-21)35-25-16-12-23(13-17-25)29(32)33/h2-3,6-19H,1,4-5H2. The molecule has 4 rings (SSSR count). The van der Waals surface area contributed by atoms with Crippen LogP contribution in [0.15, 0.2) is 97.1 Å². The molecule has 0 fully saturated rings. The second-order valence-electron chi connectivity index (χ2n) is 7.85. The Kier molecular flexibility index (Phi) is 7.32. The van der Waals surface area contributed by atoms with Crippen LogP contribution in [0.5, 0.6) is 23.0 Å². The molecule has 0 saturated heterocycles. The normalized spacial score (nSPS) is 10.5. The Morgan fingerprint density at radius 3 is 1.31 bits per heavy atom. The van der Waals surface area contributed by atoms with Crippen molar-refractivity contribution < 1.29 is 19.3 Å². The van der Waals surface area contributed by atoms with Gasteiger partial charge in [-0.05, 0) is 78.9 Å². The number of ether oxygens (including phenoxy) is 2. The fourth-order valence-electron chi connectivity index (χ4n) is 3.57. The lowest BCUT2D eigenvalue weighted by molar-refractivity contribution is -0.385. The Morgan fingerprint density at radius 1 is 0.543 bits per heavy atom. The number of benzene rings is 4. The summed E-state index contributed by atoms with van der Waals surface area (Å²) in [5.74, 6) is 2.43. The second-order valence-corrected chi connectivity index (χ2v) is 7.85. The summed E-state index contributed by atoms with van der Waals surface area (Å²) in [6.45, 7) is 0. The van der Waals surface area contributed by atoms with E-state index < -0.39 is 9.85 Å². The molecule has 0 N–H and O–H groups in total. The van der Waals surface area contributed by atoms with Gasteiger partial charge in [-0.2, -0.15) is 0 Å². The molecular weight excluding hydrogens is 448 g/mol. The Morgan fingerprint density at radius 2 is 0.943 bits per heavy atom. The van der Waals surface area contributed by atoms with E-state index in [1.807, 2.05) is 48.5 Å². The van der Waals surface area contributed by atoms with E-state index in [0.717, 1.165) is 30.4 Å². The topological polar surface area (TPSA) is 105 Å². The van der Waals surface area contributed by atoms with E-state index in [1.54, 1.807) is 24.3 Å². The Balaban J connectivity index is 1.31. The molecule has 8 nitrogen and oxygen atoms in total. The molecule has 0 unspecified atom stereocenters. The van der Waals surface area contributed by atoms with E-state index in [0.29, 0.717) is 23.0 Å². The van der Waals surface area contributed by atoms with Crippen molar-refractivity contribution in [3.63, 3.8) is 0 Å². The van der Waals surface area contributed by atoms with Crippen LogP contribution in [0, 0.1) is 20.2 Å². The lowest BCUT2D eigenvalue weighted by Gasteiger charge is -2.09. The number of aryl methyl sites for hydroxylation is 2. The van der Waals surface area contributed by atoms with Gasteiger partial charge in [0.1, 0.15) is 23.0 Å². The molecule has 0 amide bonds. The zero-order valence-corrected chi connectivity index (χ0v) is 18.7. The molecule has 0 spiro atoms. The van der Waals surface area contributed by atoms with Crippen LogP contribution in [-0.2, 0) is 12.8 Å². The molecule has 35 heavy (non-hydrogen) atoms. The lowest BCUT2D eigenvalue weighted by Crippen LogP contribution is -1.93. The van der Waals surface area contributed by atoms with Crippen molar-refractivity contribution in [2.75, 3.05) is 0 Å². The monoisotopic (exact) mass is 470 g/mol. The smallest absolute Gasteiger partial charge is 0.269 e. The molecule has 4 aromatic carbocycles. The van der Waals surface area contributed by atoms with Crippen molar-refractivity contribution in [1.82, 2.24) is 0 Å². The van der Waals surface area contributed by atoms with Crippen LogP contribution in [-0.4, -0.2) is 9.85 Å². The summed E-state index contributed by atoms with van der Waals surface area (Å²) in [6.07, 6.45) is 2.62. The molecular formula is C27H22N2O6. The van der Waals surface area contributed by atoms with Crippen molar-refractivity contribution in [2.45, 2.75) is 19.3 Å². The van der Waals surface area contributed by atoms with Gasteiger partial charge in [0.25, 0.3) is 11.4 Å². The average Bonchev–Trinajstić information content (AvgIpc) is 2.85. The first-order valence-electron chi connectivity index (χ1n) is 11.0. The minimum atomic E-state index is -0.443. The maximum atomic E-state index is 10.8. The van der Waals surface area contributed by atoms with Crippen LogP contribution in [0.1, 0.15) is 17.5 Å². The van der Waals surface area contributed by atoms with Crippen LogP contribution in [0.25, 0.3) is 0 Å². The summed E-state index contributed by atoms with van der Waals surface area (Å²) in [5, 5.41) is 21.6. The molecule has 4 aromatic rings. The number of rotatable bonds is 10. The van der Waals surface area contributed by atoms with Crippen LogP contribution in [0.4, 0.5) is 11.4 Å². The van der Waals surface area contributed by atoms with Crippen molar-refractivity contribution in [2.24, 2.45) is 0 Å². The van der Waals surface area contributed by atoms with Gasteiger partial charge < -0.3 is 9.47 Å². The zero-order valence-electron chi connectivity index (χ0n) is 18.7. The Labute approximate surface area is 201 Å². The fraction of sp³-hybridized carbons (Fsp3) is 0.111. The predicted molar refractivity (Wildman–Crippen MR) is 131 cm³/mol. The van der Waals surface area contributed by atoms with Gasteiger partial charge in [0.05, 0.1) is 9.85 Å². The number of hydrogen-bond donors (Lipinski definition) is 0. The third-order valence-corrected chi connectivity index (χ3v) is 5.29. The van der Waals surface area contributed by atoms with Gasteiger partial charge >= 0.3 is 0 Å². The maximum absolute atomic E-state index is 10.8. The van der Waals surface area contributed by atoms with Crippen LogP contribution in [0.3, 0.4) is 0 Å². The van der Waals surface area contributed by atoms with E-state index in [4.69, 9.17) is 9.47 Å². The Bertz CT molecular complexity index is 1220. The summed E-state index contributed by atoms with van der Waals surface area (Å²) < 4.78 is 11.7. The number of nitro benzene ring substituents is 2. The van der Waals surface area contributed by atoms with E-state index in [9.17, 15) is 20.2 Å². The third-order valence-electron chi connectivity index (χ3n) is 5.29. The first-order valence-corrected chi connectivity index (χ1v) is 11.0. The predicted octanol–water partition coefficient (Wildman–Crippen LogP) is 7.26. The molecule has 0 aromatic heterocycles. The van der Waals surface area contributed by atoms with Gasteiger partial charge in [0.15, 0.2) is 0 Å². The molecule has 0 saturated carbocycles. The lowest BCUT2D eigenvalue weighted by atomic mass is 10.0. The first-order chi connectivity index (χ1) is 17.0. The SMILES string of the molecule is O=[N+]([O-])c1ccc(Oc2cccc(CCCc3cccc(Oc4ccc([N+](=O)[O-])cc4)c3)c2)cc1. The van der Waals surface area contributed by atoms with E-state index in [-0.39, 0.29) is 11.4 Å². The highest BCUT2D eigenvalue weighted by Crippen LogP contribution is 2.27. The number of hydrogen-bond acceptors (Lipinski definition) is 6. The van der Waals surface area contributed by atoms with Gasteiger partial charge in [-0.3, -0.25) is 20.2 Å². The average molecular weight is 470 g/mol. The van der Waals surface area contributed by atoms with Crippen LogP contribution >= 0.6 is 0 Å². The van der Waals surface area contributed by atoms with E-state index in [1.165, 1.54) is 24.3 Å². The molecule has 0 heterocycles. The van der Waals surface area contributed by atoms with E-state index in [2.05, 4.69) is 0 Å². The number of non-ortho nitro benzene ring substituents is 2. The van der Waals surface area contributed by atoms with Gasteiger partial charge in [-0.25, -0.2) is 0 Å². The Hall–Kier alpha value is -4.72. The summed E-state index contributed by atoms with van der Waals surface area (Å²) in [4.78, 5) is 20.7. The molecule has 0 aliphatic heterocycles. The second kappa shape index (κ2) is 10.9. The van der Waals surface area contributed by atoms with Gasteiger partial charge in [0, 0.05) is 24.3 Å². The summed E-state index contributed by atoms with van der Waals surface area (Å²) >= 11 is 0. The van der Waals surface area contributed by atoms with Gasteiger partial charge in [0.2, 0.25) is 0 Å². The molecule has 0 aliphatic carbocycles. The molecule has 0 atom stereocenters. The van der Waals surface area contributed by atoms with Crippen LogP contribution < -0.4 is 9.47 Å². The van der Waals surface area contributed by atoms with Crippen molar-refractivity contribution in [3.05, 3.63) is 128 Å². The largest absolute Gasteiger partial charge is 0.457 e. The van der Waals surface area contributed by atoms with Crippen molar-refractivity contribution in [3.8, 4) is 23.0 Å². The molecule has 0 radical (unpaired) electrons. The quantitative estimate of drug-likeness (QED) is 0.178. The molecule has 0 aliphatic rings. The first kappa shape index (κ1) is 23.4. The fourth-order valence-corrected chi connectivity index (χ4v) is 3.57. The molecule has 0 bridgehead atoms. The van der Waals surface area contributed by atoms with Crippen LogP contribution in [0.2, 0.25) is 0 Å². The highest BCUT2D eigenvalue weighted by atomic mass is 16.6. The summed E-state index contributed by atoms with van der Waals surface area (Å²) in [6, 6.07) is 27.5. The third kappa shape index (κ3) is 6.64. The van der Waals surface area contributed by atoms with Crippen molar-refractivity contribution in [1.29, 1.82) is 0 Å². The number of nitro groups is 2. The molecule has 8 heteroatoms. The summed E-state index contributed by atoms with van der Waals surface area (Å²) in [7, 11) is 0. The molecule has 176 valence electrons. The maximum Gasteiger partial charge on any atom is 0.269 e. The highest BCUT2D eigenvalue weighted by Gasteiger charge is 2.07.